The van der Waals surface area contributed by atoms with Gasteiger partial charge in [-0.3, -0.25) is 0 Å². The van der Waals surface area contributed by atoms with Gasteiger partial charge < -0.3 is 14.3 Å². The van der Waals surface area contributed by atoms with Gasteiger partial charge in [0.25, 0.3) is 0 Å². The SMILES string of the molecule is O=CC1C=c2ccccc2=C(c2cccc3ccccc23)C12OCO2. The fraction of sp³-hybridized carbons (Fsp3) is 0.136. The molecule has 0 radical (unpaired) electrons. The predicted molar refractivity (Wildman–Crippen MR) is 95.9 cm³/mol. The van der Waals surface area contributed by atoms with Crippen LogP contribution in [-0.2, 0) is 14.3 Å². The smallest absolute Gasteiger partial charge is 0.213 e. The van der Waals surface area contributed by atoms with Gasteiger partial charge in [0.2, 0.25) is 5.79 Å². The minimum Gasteiger partial charge on any atom is -0.318 e. The van der Waals surface area contributed by atoms with Crippen molar-refractivity contribution in [2.75, 3.05) is 6.79 Å². The molecular weight excluding hydrogens is 312 g/mol. The lowest BCUT2D eigenvalue weighted by Gasteiger charge is -2.47. The maximum Gasteiger partial charge on any atom is 0.213 e. The largest absolute Gasteiger partial charge is 0.318 e. The van der Waals surface area contributed by atoms with Gasteiger partial charge in [-0.1, -0.05) is 72.8 Å². The van der Waals surface area contributed by atoms with E-state index in [1.54, 1.807) is 0 Å². The third-order valence-corrected chi connectivity index (χ3v) is 5.13. The van der Waals surface area contributed by atoms with Crippen molar-refractivity contribution >= 4 is 28.7 Å². The second kappa shape index (κ2) is 5.38. The molecule has 25 heavy (non-hydrogen) atoms. The van der Waals surface area contributed by atoms with Gasteiger partial charge >= 0.3 is 0 Å². The number of rotatable bonds is 2. The third-order valence-electron chi connectivity index (χ3n) is 5.13. The number of hydrogen-bond acceptors (Lipinski definition) is 3. The highest BCUT2D eigenvalue weighted by Crippen LogP contribution is 2.44. The standard InChI is InChI=1S/C22H16O3/c23-13-17-12-16-7-2-4-10-19(16)21(22(17)24-14-25-22)20-11-5-8-15-6-1-3-9-18(15)20/h1-13,17H,14H2. The molecule has 1 aliphatic heterocycles. The van der Waals surface area contributed by atoms with Crippen molar-refractivity contribution in [1.82, 2.24) is 0 Å². The Labute approximate surface area is 144 Å². The van der Waals surface area contributed by atoms with E-state index < -0.39 is 11.7 Å². The van der Waals surface area contributed by atoms with Gasteiger partial charge in [0.15, 0.2) is 6.79 Å². The quantitative estimate of drug-likeness (QED) is 0.678. The van der Waals surface area contributed by atoms with E-state index >= 15 is 0 Å². The Bertz CT molecular complexity index is 1100. The maximum atomic E-state index is 11.8. The van der Waals surface area contributed by atoms with Crippen molar-refractivity contribution in [3.63, 3.8) is 0 Å². The van der Waals surface area contributed by atoms with E-state index in [1.807, 2.05) is 42.5 Å². The van der Waals surface area contributed by atoms with E-state index in [-0.39, 0.29) is 6.79 Å². The van der Waals surface area contributed by atoms with Gasteiger partial charge in [-0.05, 0) is 26.8 Å². The molecule has 1 spiro atoms. The first-order chi connectivity index (χ1) is 12.3. The Morgan fingerprint density at radius 2 is 1.68 bits per heavy atom. The molecule has 1 saturated heterocycles. The van der Waals surface area contributed by atoms with Crippen LogP contribution in [0.25, 0.3) is 22.4 Å². The molecule has 0 bridgehead atoms. The lowest BCUT2D eigenvalue weighted by Crippen LogP contribution is -2.59. The minimum absolute atomic E-state index is 0.203. The van der Waals surface area contributed by atoms with Crippen LogP contribution >= 0.6 is 0 Å². The molecule has 0 saturated carbocycles. The van der Waals surface area contributed by atoms with Crippen molar-refractivity contribution in [3.05, 3.63) is 82.7 Å². The van der Waals surface area contributed by atoms with Gasteiger partial charge in [0.05, 0.1) is 5.92 Å². The van der Waals surface area contributed by atoms with Crippen molar-refractivity contribution < 1.29 is 14.3 Å². The van der Waals surface area contributed by atoms with Crippen LogP contribution in [0.3, 0.4) is 0 Å². The van der Waals surface area contributed by atoms with Crippen molar-refractivity contribution in [2.45, 2.75) is 5.79 Å². The van der Waals surface area contributed by atoms with Crippen LogP contribution in [0.2, 0.25) is 0 Å². The Morgan fingerprint density at radius 3 is 2.48 bits per heavy atom. The Morgan fingerprint density at radius 1 is 0.920 bits per heavy atom. The van der Waals surface area contributed by atoms with Gasteiger partial charge in [-0.15, -0.1) is 0 Å². The zero-order chi connectivity index (χ0) is 16.9. The van der Waals surface area contributed by atoms with E-state index in [9.17, 15) is 4.79 Å². The molecule has 1 unspecified atom stereocenters. The fourth-order valence-electron chi connectivity index (χ4n) is 3.96. The zero-order valence-corrected chi connectivity index (χ0v) is 13.5. The Hall–Kier alpha value is -2.75. The molecule has 1 fully saturated rings. The van der Waals surface area contributed by atoms with Crippen LogP contribution in [0.5, 0.6) is 0 Å². The lowest BCUT2D eigenvalue weighted by atomic mass is 9.79. The molecule has 3 aromatic carbocycles. The Balaban J connectivity index is 1.95. The normalized spacial score (nSPS) is 20.6. The third kappa shape index (κ3) is 1.97. The molecule has 3 heteroatoms. The highest BCUT2D eigenvalue weighted by molar-refractivity contribution is 5.96. The molecule has 1 atom stereocenters. The van der Waals surface area contributed by atoms with Crippen molar-refractivity contribution in [1.29, 1.82) is 0 Å². The van der Waals surface area contributed by atoms with Crippen molar-refractivity contribution in [3.8, 4) is 0 Å². The summed E-state index contributed by atoms with van der Waals surface area (Å²) >= 11 is 0. The van der Waals surface area contributed by atoms with E-state index in [0.29, 0.717) is 0 Å². The van der Waals surface area contributed by atoms with Gasteiger partial charge in [-0.2, -0.15) is 0 Å². The number of carbonyl (C=O) groups excluding carboxylic acids is 1. The summed E-state index contributed by atoms with van der Waals surface area (Å²) in [5, 5.41) is 4.36. The van der Waals surface area contributed by atoms with E-state index in [4.69, 9.17) is 9.47 Å². The van der Waals surface area contributed by atoms with E-state index in [0.717, 1.165) is 38.6 Å². The molecule has 122 valence electrons. The average molecular weight is 328 g/mol. The molecule has 1 aliphatic carbocycles. The molecule has 0 amide bonds. The van der Waals surface area contributed by atoms with Gasteiger partial charge in [-0.25, -0.2) is 0 Å². The van der Waals surface area contributed by atoms with Crippen LogP contribution in [0.4, 0.5) is 0 Å². The molecule has 5 rings (SSSR count). The highest BCUT2D eigenvalue weighted by Gasteiger charge is 2.52. The first kappa shape index (κ1) is 14.6. The predicted octanol–water partition coefficient (Wildman–Crippen LogP) is 2.35. The molecule has 0 aromatic heterocycles. The number of carbonyl (C=O) groups is 1. The van der Waals surface area contributed by atoms with E-state index in [1.165, 1.54) is 0 Å². The molecule has 1 heterocycles. The molecule has 3 aromatic rings. The molecular formula is C22H16O3. The number of hydrogen-bond donors (Lipinski definition) is 0. The topological polar surface area (TPSA) is 35.5 Å². The monoisotopic (exact) mass is 328 g/mol. The highest BCUT2D eigenvalue weighted by atomic mass is 16.9. The second-order valence-corrected chi connectivity index (χ2v) is 6.39. The fourth-order valence-corrected chi connectivity index (χ4v) is 3.96. The average Bonchev–Trinajstić information content (AvgIpc) is 2.64. The minimum atomic E-state index is -1.03. The summed E-state index contributed by atoms with van der Waals surface area (Å²) in [4.78, 5) is 11.8. The number of fused-ring (bicyclic) bond motifs is 2. The summed E-state index contributed by atoms with van der Waals surface area (Å²) in [6, 6.07) is 22.5. The first-order valence-corrected chi connectivity index (χ1v) is 8.36. The van der Waals surface area contributed by atoms with Crippen LogP contribution < -0.4 is 10.4 Å². The van der Waals surface area contributed by atoms with Gasteiger partial charge in [0.1, 0.15) is 6.29 Å². The van der Waals surface area contributed by atoms with Crippen LogP contribution in [0, 0.1) is 5.92 Å². The maximum absolute atomic E-state index is 11.8. The first-order valence-electron chi connectivity index (χ1n) is 8.36. The summed E-state index contributed by atoms with van der Waals surface area (Å²) in [7, 11) is 0. The van der Waals surface area contributed by atoms with Gasteiger partial charge in [0, 0.05) is 5.57 Å². The molecule has 0 N–H and O–H groups in total. The Kier molecular flexibility index (Phi) is 3.14. The number of ether oxygens (including phenoxy) is 2. The number of aldehydes is 1. The number of benzene rings is 3. The zero-order valence-electron chi connectivity index (χ0n) is 13.5. The summed E-state index contributed by atoms with van der Waals surface area (Å²) in [5.74, 6) is -1.50. The summed E-state index contributed by atoms with van der Waals surface area (Å²) in [6.45, 7) is 0.203. The van der Waals surface area contributed by atoms with E-state index in [2.05, 4.69) is 30.3 Å². The molecule has 3 nitrogen and oxygen atoms in total. The molecule has 2 aliphatic rings. The van der Waals surface area contributed by atoms with Crippen LogP contribution in [0.1, 0.15) is 5.56 Å². The van der Waals surface area contributed by atoms with Crippen molar-refractivity contribution in [2.24, 2.45) is 5.92 Å². The van der Waals surface area contributed by atoms with Crippen LogP contribution in [0.15, 0.2) is 66.7 Å². The summed E-state index contributed by atoms with van der Waals surface area (Å²) < 4.78 is 11.8. The second-order valence-electron chi connectivity index (χ2n) is 6.39. The summed E-state index contributed by atoms with van der Waals surface area (Å²) in [5.41, 5.74) is 1.98. The summed E-state index contributed by atoms with van der Waals surface area (Å²) in [6.07, 6.45) is 2.86. The lowest BCUT2D eigenvalue weighted by molar-refractivity contribution is -0.373. The van der Waals surface area contributed by atoms with Crippen LogP contribution in [-0.4, -0.2) is 18.9 Å².